The highest BCUT2D eigenvalue weighted by molar-refractivity contribution is 5.15. The molecule has 0 heterocycles. The van der Waals surface area contributed by atoms with Crippen LogP contribution < -0.4 is 0 Å². The molecule has 0 saturated carbocycles. The van der Waals surface area contributed by atoms with E-state index in [1.165, 1.54) is 5.56 Å². The van der Waals surface area contributed by atoms with Gasteiger partial charge in [-0.2, -0.15) is 0 Å². The summed E-state index contributed by atoms with van der Waals surface area (Å²) in [6, 6.07) is 10.6. The zero-order valence-corrected chi connectivity index (χ0v) is 10.7. The minimum absolute atomic E-state index is 0.152. The third-order valence-corrected chi connectivity index (χ3v) is 2.61. The molecule has 0 bridgehead atoms. The fraction of sp³-hybridized carbons (Fsp3) is 0.467. The molecule has 0 fully saturated rings. The number of hydrogen-bond acceptors (Lipinski definition) is 1. The third-order valence-electron chi connectivity index (χ3n) is 2.61. The van der Waals surface area contributed by atoms with Crippen LogP contribution in [0.3, 0.4) is 0 Å². The van der Waals surface area contributed by atoms with Crippen molar-refractivity contribution in [3.63, 3.8) is 0 Å². The SMILES string of the molecule is CC#CCN(Cc1ccccc1)C(C)(C)C. The van der Waals surface area contributed by atoms with Crippen LogP contribution in [0.1, 0.15) is 33.3 Å². The van der Waals surface area contributed by atoms with E-state index in [-0.39, 0.29) is 5.54 Å². The lowest BCUT2D eigenvalue weighted by Gasteiger charge is -2.34. The molecule has 0 atom stereocenters. The van der Waals surface area contributed by atoms with E-state index >= 15 is 0 Å². The molecule has 86 valence electrons. The Balaban J connectivity index is 2.74. The van der Waals surface area contributed by atoms with Gasteiger partial charge in [0, 0.05) is 12.1 Å². The second-order valence-corrected chi connectivity index (χ2v) is 4.94. The summed E-state index contributed by atoms with van der Waals surface area (Å²) in [6.07, 6.45) is 0. The summed E-state index contributed by atoms with van der Waals surface area (Å²) in [5.41, 5.74) is 1.50. The van der Waals surface area contributed by atoms with Crippen molar-refractivity contribution in [2.45, 2.75) is 39.8 Å². The van der Waals surface area contributed by atoms with Crippen molar-refractivity contribution in [2.75, 3.05) is 6.54 Å². The molecule has 0 radical (unpaired) electrons. The average Bonchev–Trinajstić information content (AvgIpc) is 2.24. The topological polar surface area (TPSA) is 3.24 Å². The lowest BCUT2D eigenvalue weighted by Crippen LogP contribution is -2.41. The quantitative estimate of drug-likeness (QED) is 0.699. The first-order chi connectivity index (χ1) is 7.54. The van der Waals surface area contributed by atoms with Crippen molar-refractivity contribution in [3.8, 4) is 11.8 Å². The Morgan fingerprint density at radius 3 is 2.25 bits per heavy atom. The summed E-state index contributed by atoms with van der Waals surface area (Å²) in [7, 11) is 0. The number of rotatable bonds is 3. The monoisotopic (exact) mass is 215 g/mol. The fourth-order valence-electron chi connectivity index (χ4n) is 1.51. The van der Waals surface area contributed by atoms with Crippen LogP contribution >= 0.6 is 0 Å². The maximum atomic E-state index is 3.15. The van der Waals surface area contributed by atoms with Gasteiger partial charge in [0.25, 0.3) is 0 Å². The molecule has 1 aromatic carbocycles. The fourth-order valence-corrected chi connectivity index (χ4v) is 1.51. The minimum Gasteiger partial charge on any atom is -0.283 e. The van der Waals surface area contributed by atoms with Gasteiger partial charge >= 0.3 is 0 Å². The van der Waals surface area contributed by atoms with Crippen LogP contribution in [0, 0.1) is 11.8 Å². The van der Waals surface area contributed by atoms with Crippen LogP contribution in [-0.2, 0) is 6.54 Å². The molecule has 0 aliphatic rings. The van der Waals surface area contributed by atoms with Gasteiger partial charge < -0.3 is 0 Å². The van der Waals surface area contributed by atoms with Crippen molar-refractivity contribution >= 4 is 0 Å². The molecule has 16 heavy (non-hydrogen) atoms. The summed E-state index contributed by atoms with van der Waals surface area (Å²) in [4.78, 5) is 2.39. The molecule has 0 aliphatic heterocycles. The van der Waals surface area contributed by atoms with Gasteiger partial charge in [-0.05, 0) is 33.3 Å². The maximum Gasteiger partial charge on any atom is 0.0609 e. The van der Waals surface area contributed by atoms with Crippen LogP contribution in [0.4, 0.5) is 0 Å². The van der Waals surface area contributed by atoms with Crippen LogP contribution in [0.5, 0.6) is 0 Å². The Bertz CT molecular complexity index is 362. The normalized spacial score (nSPS) is 11.1. The van der Waals surface area contributed by atoms with Crippen molar-refractivity contribution < 1.29 is 0 Å². The second kappa shape index (κ2) is 5.72. The van der Waals surface area contributed by atoms with Crippen LogP contribution in [0.25, 0.3) is 0 Å². The minimum atomic E-state index is 0.152. The first kappa shape index (κ1) is 12.8. The smallest absolute Gasteiger partial charge is 0.0609 e. The van der Waals surface area contributed by atoms with E-state index in [1.807, 2.05) is 6.92 Å². The van der Waals surface area contributed by atoms with Gasteiger partial charge in [0.2, 0.25) is 0 Å². The Labute approximate surface area is 99.5 Å². The third kappa shape index (κ3) is 4.08. The molecule has 1 nitrogen and oxygen atoms in total. The van der Waals surface area contributed by atoms with Gasteiger partial charge in [0.15, 0.2) is 0 Å². The molecule has 0 unspecified atom stereocenters. The van der Waals surface area contributed by atoms with Gasteiger partial charge in [-0.1, -0.05) is 36.3 Å². The summed E-state index contributed by atoms with van der Waals surface area (Å²) < 4.78 is 0. The Morgan fingerprint density at radius 1 is 1.12 bits per heavy atom. The predicted octanol–water partition coefficient (Wildman–Crippen LogP) is 3.31. The summed E-state index contributed by atoms with van der Waals surface area (Å²) in [6.45, 7) is 10.4. The highest BCUT2D eigenvalue weighted by atomic mass is 15.2. The second-order valence-electron chi connectivity index (χ2n) is 4.94. The van der Waals surface area contributed by atoms with E-state index in [0.717, 1.165) is 13.1 Å². The zero-order valence-electron chi connectivity index (χ0n) is 10.7. The van der Waals surface area contributed by atoms with E-state index < -0.39 is 0 Å². The molecule has 0 spiro atoms. The molecular weight excluding hydrogens is 194 g/mol. The molecule has 0 saturated heterocycles. The average molecular weight is 215 g/mol. The first-order valence-corrected chi connectivity index (χ1v) is 5.72. The molecule has 1 rings (SSSR count). The highest BCUT2D eigenvalue weighted by Gasteiger charge is 2.20. The van der Waals surface area contributed by atoms with Crippen molar-refractivity contribution in [1.82, 2.24) is 4.90 Å². The largest absolute Gasteiger partial charge is 0.283 e. The number of benzene rings is 1. The van der Waals surface area contributed by atoms with Crippen LogP contribution in [-0.4, -0.2) is 17.0 Å². The van der Waals surface area contributed by atoms with Crippen molar-refractivity contribution in [1.29, 1.82) is 0 Å². The molecule has 0 aliphatic carbocycles. The molecule has 0 N–H and O–H groups in total. The summed E-state index contributed by atoms with van der Waals surface area (Å²) in [5, 5.41) is 0. The van der Waals surface area contributed by atoms with Gasteiger partial charge in [-0.15, -0.1) is 5.92 Å². The Hall–Kier alpha value is -1.26. The van der Waals surface area contributed by atoms with E-state index in [0.29, 0.717) is 0 Å². The maximum absolute atomic E-state index is 3.15. The number of hydrogen-bond donors (Lipinski definition) is 0. The van der Waals surface area contributed by atoms with E-state index in [9.17, 15) is 0 Å². The van der Waals surface area contributed by atoms with Crippen LogP contribution in [0.2, 0.25) is 0 Å². The van der Waals surface area contributed by atoms with Gasteiger partial charge in [-0.3, -0.25) is 4.90 Å². The number of nitrogens with zero attached hydrogens (tertiary/aromatic N) is 1. The molecule has 0 aromatic heterocycles. The highest BCUT2D eigenvalue weighted by Crippen LogP contribution is 2.16. The summed E-state index contributed by atoms with van der Waals surface area (Å²) in [5.74, 6) is 6.12. The lowest BCUT2D eigenvalue weighted by molar-refractivity contribution is 0.148. The molecular formula is C15H21N. The Morgan fingerprint density at radius 2 is 1.75 bits per heavy atom. The van der Waals surface area contributed by atoms with Crippen molar-refractivity contribution in [2.24, 2.45) is 0 Å². The Kier molecular flexibility index (Phi) is 4.58. The van der Waals surface area contributed by atoms with Crippen LogP contribution in [0.15, 0.2) is 30.3 Å². The molecule has 1 aromatic rings. The standard InChI is InChI=1S/C15H21N/c1-5-6-12-16(15(2,3)4)13-14-10-8-7-9-11-14/h7-11H,12-13H2,1-4H3. The first-order valence-electron chi connectivity index (χ1n) is 5.72. The van der Waals surface area contributed by atoms with Gasteiger partial charge in [-0.25, -0.2) is 0 Å². The van der Waals surface area contributed by atoms with E-state index in [2.05, 4.69) is 67.8 Å². The van der Waals surface area contributed by atoms with E-state index in [4.69, 9.17) is 0 Å². The van der Waals surface area contributed by atoms with E-state index in [1.54, 1.807) is 0 Å². The molecule has 0 amide bonds. The van der Waals surface area contributed by atoms with Gasteiger partial charge in [0.05, 0.1) is 6.54 Å². The summed E-state index contributed by atoms with van der Waals surface area (Å²) >= 11 is 0. The zero-order chi connectivity index (χ0) is 12.0. The van der Waals surface area contributed by atoms with Gasteiger partial charge in [0.1, 0.15) is 0 Å². The lowest BCUT2D eigenvalue weighted by atomic mass is 10.0. The van der Waals surface area contributed by atoms with Crippen molar-refractivity contribution in [3.05, 3.63) is 35.9 Å². The molecule has 1 heteroatoms. The predicted molar refractivity (Wildman–Crippen MR) is 70.1 cm³/mol.